The summed E-state index contributed by atoms with van der Waals surface area (Å²) in [7, 11) is 0. The molecule has 0 atom stereocenters. The minimum atomic E-state index is -0.833. The summed E-state index contributed by atoms with van der Waals surface area (Å²) in [5.41, 5.74) is 0. The van der Waals surface area contributed by atoms with Gasteiger partial charge < -0.3 is 9.90 Å². The van der Waals surface area contributed by atoms with Crippen LogP contribution in [-0.2, 0) is 9.59 Å². The second kappa shape index (κ2) is 8.93. The van der Waals surface area contributed by atoms with Gasteiger partial charge in [-0.05, 0) is 24.6 Å². The van der Waals surface area contributed by atoms with E-state index in [4.69, 9.17) is 9.90 Å². The highest BCUT2D eigenvalue weighted by atomic mass is 16.4. The minimum absolute atomic E-state index is 0.167. The molecule has 3 nitrogen and oxygen atoms in total. The van der Waals surface area contributed by atoms with Crippen LogP contribution < -0.4 is 0 Å². The standard InChI is InChI=1S/C10H8.C3H6O.C2H4O2/c1-2-6-10-8-4-3-7-9(10)5-1;1-3(2)4;1-2(3)4/h1-8H;1-2H3;1H3,(H,3,4). The van der Waals surface area contributed by atoms with Gasteiger partial charge in [-0.3, -0.25) is 4.79 Å². The minimum Gasteiger partial charge on any atom is -0.481 e. The number of carboxylic acids is 1. The van der Waals surface area contributed by atoms with Crippen LogP contribution in [0, 0.1) is 0 Å². The van der Waals surface area contributed by atoms with Crippen LogP contribution in [-0.4, -0.2) is 16.9 Å². The number of Topliss-reactive ketones (excluding diaryl/α,β-unsaturated/α-hetero) is 1. The van der Waals surface area contributed by atoms with E-state index in [9.17, 15) is 4.79 Å². The Kier molecular flexibility index (Phi) is 7.86. The Morgan fingerprint density at radius 2 is 0.944 bits per heavy atom. The quantitative estimate of drug-likeness (QED) is 0.773. The molecule has 0 heterocycles. The van der Waals surface area contributed by atoms with Gasteiger partial charge in [-0.1, -0.05) is 48.5 Å². The van der Waals surface area contributed by atoms with Crippen molar-refractivity contribution in [2.45, 2.75) is 20.8 Å². The molecule has 0 aromatic heterocycles. The van der Waals surface area contributed by atoms with Gasteiger partial charge in [0.15, 0.2) is 0 Å². The average Bonchev–Trinajstić information content (AvgIpc) is 2.28. The van der Waals surface area contributed by atoms with E-state index >= 15 is 0 Å². The number of carboxylic acid groups (broad SMARTS) is 1. The summed E-state index contributed by atoms with van der Waals surface area (Å²) in [6.45, 7) is 4.14. The van der Waals surface area contributed by atoms with Crippen LogP contribution in [0.5, 0.6) is 0 Å². The number of ketones is 1. The van der Waals surface area contributed by atoms with Crippen LogP contribution in [0.25, 0.3) is 10.8 Å². The lowest BCUT2D eigenvalue weighted by Gasteiger charge is -1.92. The number of fused-ring (bicyclic) bond motifs is 1. The molecule has 3 heteroatoms. The van der Waals surface area contributed by atoms with E-state index < -0.39 is 5.97 Å². The lowest BCUT2D eigenvalue weighted by Crippen LogP contribution is -1.78. The van der Waals surface area contributed by atoms with Crippen molar-refractivity contribution in [2.75, 3.05) is 0 Å². The molecule has 0 radical (unpaired) electrons. The highest BCUT2D eigenvalue weighted by Gasteiger charge is 1.85. The molecule has 0 amide bonds. The summed E-state index contributed by atoms with van der Waals surface area (Å²) in [5.74, 6) is -0.667. The number of carbonyl (C=O) groups excluding carboxylic acids is 1. The summed E-state index contributed by atoms with van der Waals surface area (Å²) >= 11 is 0. The molecule has 18 heavy (non-hydrogen) atoms. The molecule has 0 saturated heterocycles. The van der Waals surface area contributed by atoms with Crippen molar-refractivity contribution >= 4 is 22.5 Å². The van der Waals surface area contributed by atoms with E-state index in [0.717, 1.165) is 6.92 Å². The molecule has 0 saturated carbocycles. The molecular formula is C15H18O3. The second-order valence-electron chi connectivity index (χ2n) is 3.77. The van der Waals surface area contributed by atoms with Crippen LogP contribution >= 0.6 is 0 Å². The average molecular weight is 246 g/mol. The number of rotatable bonds is 0. The fourth-order valence-electron chi connectivity index (χ4n) is 1.13. The van der Waals surface area contributed by atoms with Gasteiger partial charge in [-0.25, -0.2) is 0 Å². The Morgan fingerprint density at radius 1 is 0.778 bits per heavy atom. The zero-order valence-corrected chi connectivity index (χ0v) is 10.9. The molecule has 2 aromatic carbocycles. The van der Waals surface area contributed by atoms with Crippen LogP contribution in [0.15, 0.2) is 48.5 Å². The summed E-state index contributed by atoms with van der Waals surface area (Å²) in [6.07, 6.45) is 0. The van der Waals surface area contributed by atoms with Crippen molar-refractivity contribution in [3.8, 4) is 0 Å². The van der Waals surface area contributed by atoms with Gasteiger partial charge in [0, 0.05) is 6.92 Å². The van der Waals surface area contributed by atoms with Gasteiger partial charge in [0.1, 0.15) is 5.78 Å². The van der Waals surface area contributed by atoms with Crippen LogP contribution in [0.4, 0.5) is 0 Å². The molecule has 96 valence electrons. The molecule has 1 N–H and O–H groups in total. The Labute approximate surface area is 107 Å². The third-order valence-corrected chi connectivity index (χ3v) is 1.66. The lowest BCUT2D eigenvalue weighted by atomic mass is 10.1. The predicted molar refractivity (Wildman–Crippen MR) is 73.6 cm³/mol. The fourth-order valence-corrected chi connectivity index (χ4v) is 1.13. The predicted octanol–water partition coefficient (Wildman–Crippen LogP) is 3.53. The molecule has 0 spiro atoms. The van der Waals surface area contributed by atoms with Gasteiger partial charge in [0.2, 0.25) is 0 Å². The van der Waals surface area contributed by atoms with E-state index in [-0.39, 0.29) is 5.78 Å². The lowest BCUT2D eigenvalue weighted by molar-refractivity contribution is -0.134. The van der Waals surface area contributed by atoms with Gasteiger partial charge in [0.05, 0.1) is 0 Å². The van der Waals surface area contributed by atoms with Gasteiger partial charge in [-0.15, -0.1) is 0 Å². The van der Waals surface area contributed by atoms with E-state index in [1.54, 1.807) is 0 Å². The zero-order valence-electron chi connectivity index (χ0n) is 10.9. The Morgan fingerprint density at radius 3 is 1.11 bits per heavy atom. The molecule has 0 unspecified atom stereocenters. The van der Waals surface area contributed by atoms with E-state index in [1.165, 1.54) is 24.6 Å². The van der Waals surface area contributed by atoms with E-state index in [1.807, 2.05) is 0 Å². The Balaban J connectivity index is 0.000000307. The molecule has 0 aliphatic carbocycles. The SMILES string of the molecule is CC(=O)O.CC(C)=O.c1ccc2ccccc2c1. The maximum absolute atomic E-state index is 9.44. The van der Waals surface area contributed by atoms with E-state index in [2.05, 4.69) is 48.5 Å². The molecule has 0 aliphatic rings. The largest absolute Gasteiger partial charge is 0.481 e. The van der Waals surface area contributed by atoms with Crippen LogP contribution in [0.3, 0.4) is 0 Å². The fraction of sp³-hybridized carbons (Fsp3) is 0.200. The van der Waals surface area contributed by atoms with Gasteiger partial charge in [0.25, 0.3) is 5.97 Å². The summed E-state index contributed by atoms with van der Waals surface area (Å²) < 4.78 is 0. The normalized spacial score (nSPS) is 8.39. The first kappa shape index (κ1) is 15.8. The van der Waals surface area contributed by atoms with Crippen LogP contribution in [0.1, 0.15) is 20.8 Å². The highest BCUT2D eigenvalue weighted by Crippen LogP contribution is 2.11. The first-order valence-corrected chi connectivity index (χ1v) is 5.54. The van der Waals surface area contributed by atoms with Crippen molar-refractivity contribution in [1.29, 1.82) is 0 Å². The zero-order chi connectivity index (χ0) is 14.0. The topological polar surface area (TPSA) is 54.4 Å². The maximum Gasteiger partial charge on any atom is 0.300 e. The maximum atomic E-state index is 9.44. The van der Waals surface area contributed by atoms with Crippen molar-refractivity contribution in [1.82, 2.24) is 0 Å². The third kappa shape index (κ3) is 9.09. The van der Waals surface area contributed by atoms with Gasteiger partial charge in [-0.2, -0.15) is 0 Å². The third-order valence-electron chi connectivity index (χ3n) is 1.66. The number of hydrogen-bond acceptors (Lipinski definition) is 2. The molecular weight excluding hydrogens is 228 g/mol. The second-order valence-corrected chi connectivity index (χ2v) is 3.77. The molecule has 0 aliphatic heterocycles. The number of hydrogen-bond donors (Lipinski definition) is 1. The smallest absolute Gasteiger partial charge is 0.300 e. The van der Waals surface area contributed by atoms with Gasteiger partial charge >= 0.3 is 0 Å². The molecule has 2 aromatic rings. The van der Waals surface area contributed by atoms with Crippen molar-refractivity contribution in [3.05, 3.63) is 48.5 Å². The number of benzene rings is 2. The van der Waals surface area contributed by atoms with E-state index in [0.29, 0.717) is 0 Å². The Hall–Kier alpha value is -2.16. The van der Waals surface area contributed by atoms with Crippen molar-refractivity contribution < 1.29 is 14.7 Å². The first-order valence-electron chi connectivity index (χ1n) is 5.54. The summed E-state index contributed by atoms with van der Waals surface area (Å²) in [6, 6.07) is 16.7. The summed E-state index contributed by atoms with van der Waals surface area (Å²) in [5, 5.41) is 10.0. The number of aliphatic carboxylic acids is 1. The first-order chi connectivity index (χ1) is 8.43. The van der Waals surface area contributed by atoms with Crippen molar-refractivity contribution in [2.24, 2.45) is 0 Å². The summed E-state index contributed by atoms with van der Waals surface area (Å²) in [4.78, 5) is 18.4. The Bertz CT molecular complexity index is 418. The molecule has 2 rings (SSSR count). The monoisotopic (exact) mass is 246 g/mol. The van der Waals surface area contributed by atoms with Crippen LogP contribution in [0.2, 0.25) is 0 Å². The molecule has 0 bridgehead atoms. The number of carbonyl (C=O) groups is 2. The van der Waals surface area contributed by atoms with Crippen molar-refractivity contribution in [3.63, 3.8) is 0 Å². The highest BCUT2D eigenvalue weighted by molar-refractivity contribution is 5.82. The molecule has 0 fully saturated rings.